The van der Waals surface area contributed by atoms with Gasteiger partial charge in [0.05, 0.1) is 5.69 Å². The lowest BCUT2D eigenvalue weighted by molar-refractivity contribution is 0.587. The first-order chi connectivity index (χ1) is 9.63. The Labute approximate surface area is 118 Å². The van der Waals surface area contributed by atoms with Crippen LogP contribution < -0.4 is 10.6 Å². The Morgan fingerprint density at radius 2 is 2.00 bits per heavy atom. The van der Waals surface area contributed by atoms with Crippen molar-refractivity contribution in [2.75, 3.05) is 17.2 Å². The average molecular weight is 274 g/mol. The molecule has 0 aliphatic heterocycles. The number of aromatic nitrogens is 2. The molecule has 1 aromatic carbocycles. The van der Waals surface area contributed by atoms with E-state index in [-0.39, 0.29) is 5.82 Å². The van der Waals surface area contributed by atoms with Crippen LogP contribution in [0.2, 0.25) is 0 Å². The maximum Gasteiger partial charge on any atom is 0.186 e. The molecule has 0 spiro atoms. The summed E-state index contributed by atoms with van der Waals surface area (Å²) in [7, 11) is 0. The minimum atomic E-state index is -0.365. The van der Waals surface area contributed by atoms with Crippen molar-refractivity contribution in [1.29, 1.82) is 0 Å². The molecular weight excluding hydrogens is 255 g/mol. The van der Waals surface area contributed by atoms with Crippen LogP contribution in [0.25, 0.3) is 0 Å². The van der Waals surface area contributed by atoms with Crippen molar-refractivity contribution < 1.29 is 4.39 Å². The molecule has 5 heteroatoms. The number of nitrogen functional groups attached to an aromatic ring is 1. The Hall–Kier alpha value is -2.17. The Bertz CT molecular complexity index is 586. The summed E-state index contributed by atoms with van der Waals surface area (Å²) in [5.74, 6) is -0.0296. The van der Waals surface area contributed by atoms with Gasteiger partial charge >= 0.3 is 0 Å². The number of hydrogen-bond acceptors (Lipinski definition) is 4. The molecule has 0 bridgehead atoms. The molecule has 0 atom stereocenters. The van der Waals surface area contributed by atoms with E-state index >= 15 is 0 Å². The van der Waals surface area contributed by atoms with Gasteiger partial charge in [0.15, 0.2) is 11.6 Å². The summed E-state index contributed by atoms with van der Waals surface area (Å²) < 4.78 is 14.2. The summed E-state index contributed by atoms with van der Waals surface area (Å²) in [5.41, 5.74) is 7.99. The highest BCUT2D eigenvalue weighted by Gasteiger charge is 2.16. The monoisotopic (exact) mass is 274 g/mol. The minimum absolute atomic E-state index is 0.336. The van der Waals surface area contributed by atoms with Gasteiger partial charge in [0.25, 0.3) is 0 Å². The third kappa shape index (κ3) is 3.04. The number of benzene rings is 1. The summed E-state index contributed by atoms with van der Waals surface area (Å²) in [5, 5.41) is 0. The number of rotatable bonds is 5. The minimum Gasteiger partial charge on any atom is -0.398 e. The van der Waals surface area contributed by atoms with Crippen molar-refractivity contribution in [3.05, 3.63) is 47.7 Å². The van der Waals surface area contributed by atoms with E-state index in [2.05, 4.69) is 9.97 Å². The molecule has 2 rings (SSSR count). The predicted octanol–water partition coefficient (Wildman–Crippen LogP) is 2.92. The zero-order valence-electron chi connectivity index (χ0n) is 11.8. The second kappa shape index (κ2) is 6.32. The molecule has 0 saturated carbocycles. The van der Waals surface area contributed by atoms with Gasteiger partial charge < -0.3 is 10.6 Å². The van der Waals surface area contributed by atoms with Crippen LogP contribution >= 0.6 is 0 Å². The van der Waals surface area contributed by atoms with Crippen LogP contribution in [-0.4, -0.2) is 16.5 Å². The molecule has 0 fully saturated rings. The average Bonchev–Trinajstić information content (AvgIpc) is 2.44. The van der Waals surface area contributed by atoms with Crippen LogP contribution in [0, 0.1) is 12.7 Å². The summed E-state index contributed by atoms with van der Waals surface area (Å²) in [6.45, 7) is 4.93. The van der Waals surface area contributed by atoms with Gasteiger partial charge in [0, 0.05) is 18.8 Å². The second-order valence-corrected chi connectivity index (χ2v) is 4.72. The normalized spacial score (nSPS) is 10.6. The molecule has 20 heavy (non-hydrogen) atoms. The lowest BCUT2D eigenvalue weighted by Crippen LogP contribution is -2.26. The highest BCUT2D eigenvalue weighted by Crippen LogP contribution is 2.22. The van der Waals surface area contributed by atoms with Crippen molar-refractivity contribution in [3.63, 3.8) is 0 Å². The lowest BCUT2D eigenvalue weighted by atomic mass is 10.1. The summed E-state index contributed by atoms with van der Waals surface area (Å²) in [6.07, 6.45) is 2.29. The van der Waals surface area contributed by atoms with Gasteiger partial charge in [-0.05, 0) is 25.0 Å². The Morgan fingerprint density at radius 1 is 1.25 bits per heavy atom. The summed E-state index contributed by atoms with van der Waals surface area (Å²) in [6, 6.07) is 7.61. The van der Waals surface area contributed by atoms with E-state index < -0.39 is 0 Å². The second-order valence-electron chi connectivity index (χ2n) is 4.72. The number of halogens is 1. The van der Waals surface area contributed by atoms with E-state index in [1.165, 1.54) is 6.33 Å². The number of nitrogens with zero attached hydrogens (tertiary/aromatic N) is 3. The topological polar surface area (TPSA) is 55.0 Å². The van der Waals surface area contributed by atoms with Crippen LogP contribution in [0.15, 0.2) is 30.6 Å². The SMILES string of the molecule is CCCN(Cc1ccccc1N)c1ncnc(C)c1F. The van der Waals surface area contributed by atoms with Crippen molar-refractivity contribution in [3.8, 4) is 0 Å². The summed E-state index contributed by atoms with van der Waals surface area (Å²) >= 11 is 0. The number of para-hydroxylation sites is 1. The fourth-order valence-electron chi connectivity index (χ4n) is 2.08. The summed E-state index contributed by atoms with van der Waals surface area (Å²) in [4.78, 5) is 9.85. The first-order valence-electron chi connectivity index (χ1n) is 6.69. The van der Waals surface area contributed by atoms with Gasteiger partial charge in [-0.15, -0.1) is 0 Å². The van der Waals surface area contributed by atoms with Gasteiger partial charge in [0.1, 0.15) is 6.33 Å². The molecule has 2 aromatic rings. The Balaban J connectivity index is 2.32. The van der Waals surface area contributed by atoms with Crippen molar-refractivity contribution in [2.45, 2.75) is 26.8 Å². The lowest BCUT2D eigenvalue weighted by Gasteiger charge is -2.24. The van der Waals surface area contributed by atoms with Crippen molar-refractivity contribution in [1.82, 2.24) is 9.97 Å². The van der Waals surface area contributed by atoms with Crippen molar-refractivity contribution >= 4 is 11.5 Å². The molecule has 0 aliphatic carbocycles. The molecule has 0 radical (unpaired) electrons. The largest absolute Gasteiger partial charge is 0.398 e. The van der Waals surface area contributed by atoms with E-state index in [1.807, 2.05) is 36.1 Å². The smallest absolute Gasteiger partial charge is 0.186 e. The van der Waals surface area contributed by atoms with Gasteiger partial charge in [-0.3, -0.25) is 0 Å². The van der Waals surface area contributed by atoms with Gasteiger partial charge in [-0.1, -0.05) is 25.1 Å². The van der Waals surface area contributed by atoms with E-state index in [1.54, 1.807) is 6.92 Å². The Morgan fingerprint density at radius 3 is 2.70 bits per heavy atom. The van der Waals surface area contributed by atoms with Crippen LogP contribution in [-0.2, 0) is 6.54 Å². The zero-order chi connectivity index (χ0) is 14.5. The van der Waals surface area contributed by atoms with E-state index in [9.17, 15) is 4.39 Å². The molecule has 0 unspecified atom stereocenters. The predicted molar refractivity (Wildman–Crippen MR) is 78.9 cm³/mol. The molecule has 2 N–H and O–H groups in total. The number of nitrogens with two attached hydrogens (primary N) is 1. The molecule has 1 aromatic heterocycles. The molecule has 4 nitrogen and oxygen atoms in total. The number of hydrogen-bond donors (Lipinski definition) is 1. The maximum atomic E-state index is 14.2. The Kier molecular flexibility index (Phi) is 4.50. The van der Waals surface area contributed by atoms with Crippen LogP contribution in [0.1, 0.15) is 24.6 Å². The quantitative estimate of drug-likeness (QED) is 0.852. The highest BCUT2D eigenvalue weighted by atomic mass is 19.1. The van der Waals surface area contributed by atoms with E-state index in [0.29, 0.717) is 30.3 Å². The molecular formula is C15H19FN4. The first-order valence-corrected chi connectivity index (χ1v) is 6.69. The van der Waals surface area contributed by atoms with Gasteiger partial charge in [-0.25, -0.2) is 14.4 Å². The van der Waals surface area contributed by atoms with Gasteiger partial charge in [-0.2, -0.15) is 0 Å². The maximum absolute atomic E-state index is 14.2. The number of aryl methyl sites for hydroxylation is 1. The molecule has 1 heterocycles. The first kappa shape index (κ1) is 14.2. The number of anilines is 2. The van der Waals surface area contributed by atoms with Gasteiger partial charge in [0.2, 0.25) is 0 Å². The third-order valence-corrected chi connectivity index (χ3v) is 3.15. The molecule has 0 amide bonds. The fraction of sp³-hybridized carbons (Fsp3) is 0.333. The fourth-order valence-corrected chi connectivity index (χ4v) is 2.08. The van der Waals surface area contributed by atoms with Crippen molar-refractivity contribution in [2.24, 2.45) is 0 Å². The van der Waals surface area contributed by atoms with Crippen LogP contribution in [0.5, 0.6) is 0 Å². The third-order valence-electron chi connectivity index (χ3n) is 3.15. The van der Waals surface area contributed by atoms with Crippen LogP contribution in [0.3, 0.4) is 0 Å². The standard InChI is InChI=1S/C15H19FN4/c1-3-8-20(9-12-6-4-5-7-13(12)17)15-14(16)11(2)18-10-19-15/h4-7,10H,3,8-9,17H2,1-2H3. The zero-order valence-corrected chi connectivity index (χ0v) is 11.8. The molecule has 0 saturated heterocycles. The van der Waals surface area contributed by atoms with E-state index in [4.69, 9.17) is 5.73 Å². The van der Waals surface area contributed by atoms with Crippen LogP contribution in [0.4, 0.5) is 15.9 Å². The van der Waals surface area contributed by atoms with E-state index in [0.717, 1.165) is 12.0 Å². The molecule has 106 valence electrons. The highest BCUT2D eigenvalue weighted by molar-refractivity contribution is 5.50. The molecule has 0 aliphatic rings.